The lowest BCUT2D eigenvalue weighted by Crippen LogP contribution is -2.55. The van der Waals surface area contributed by atoms with Crippen LogP contribution in [0.25, 0.3) is 0 Å². The fourth-order valence-electron chi connectivity index (χ4n) is 2.23. The van der Waals surface area contributed by atoms with Crippen molar-refractivity contribution in [2.24, 2.45) is 5.73 Å². The van der Waals surface area contributed by atoms with Crippen molar-refractivity contribution in [3.05, 3.63) is 24.5 Å². The highest BCUT2D eigenvalue weighted by molar-refractivity contribution is 7.89. The van der Waals surface area contributed by atoms with E-state index >= 15 is 0 Å². The standard InChI is InChI=1S/C11H16N4O2S/c12-10(13)11(5-1-2-6-11)15-18(16,17)9-4-3-7-14-8-9/h3-4,7-8,15H,1-2,5-6H2,(H3,12,13). The van der Waals surface area contributed by atoms with Crippen molar-refractivity contribution in [1.82, 2.24) is 9.71 Å². The van der Waals surface area contributed by atoms with Gasteiger partial charge in [0.1, 0.15) is 10.7 Å². The van der Waals surface area contributed by atoms with E-state index in [-0.39, 0.29) is 10.7 Å². The summed E-state index contributed by atoms with van der Waals surface area (Å²) >= 11 is 0. The van der Waals surface area contributed by atoms with Gasteiger partial charge in [-0.3, -0.25) is 10.4 Å². The second-order valence-electron chi connectivity index (χ2n) is 4.50. The zero-order chi connectivity index (χ0) is 13.2. The number of sulfonamides is 1. The summed E-state index contributed by atoms with van der Waals surface area (Å²) in [4.78, 5) is 3.88. The summed E-state index contributed by atoms with van der Waals surface area (Å²) in [6.07, 6.45) is 5.67. The average molecular weight is 268 g/mol. The molecule has 4 N–H and O–H groups in total. The second kappa shape index (κ2) is 4.66. The molecule has 0 bridgehead atoms. The van der Waals surface area contributed by atoms with Crippen molar-refractivity contribution in [2.45, 2.75) is 36.1 Å². The summed E-state index contributed by atoms with van der Waals surface area (Å²) in [5.74, 6) is -0.118. The Hall–Kier alpha value is -1.47. The smallest absolute Gasteiger partial charge is 0.243 e. The Morgan fingerprint density at radius 3 is 2.61 bits per heavy atom. The van der Waals surface area contributed by atoms with E-state index < -0.39 is 15.6 Å². The molecule has 1 aromatic heterocycles. The molecule has 0 atom stereocenters. The van der Waals surface area contributed by atoms with Gasteiger partial charge in [0.15, 0.2) is 0 Å². The van der Waals surface area contributed by atoms with E-state index in [4.69, 9.17) is 11.1 Å². The minimum atomic E-state index is -3.68. The molecule has 0 aromatic carbocycles. The molecule has 0 amide bonds. The highest BCUT2D eigenvalue weighted by Crippen LogP contribution is 2.31. The summed E-state index contributed by atoms with van der Waals surface area (Å²) in [5, 5.41) is 7.62. The number of pyridine rings is 1. The van der Waals surface area contributed by atoms with Gasteiger partial charge in [0.25, 0.3) is 0 Å². The Morgan fingerprint density at radius 1 is 1.44 bits per heavy atom. The van der Waals surface area contributed by atoms with Gasteiger partial charge in [0.05, 0.1) is 5.54 Å². The number of amidine groups is 1. The zero-order valence-electron chi connectivity index (χ0n) is 9.89. The molecular formula is C11H16N4O2S. The Balaban J connectivity index is 2.30. The van der Waals surface area contributed by atoms with Gasteiger partial charge >= 0.3 is 0 Å². The third kappa shape index (κ3) is 2.37. The van der Waals surface area contributed by atoms with Crippen LogP contribution in [-0.4, -0.2) is 24.8 Å². The first-order valence-corrected chi connectivity index (χ1v) is 7.23. The van der Waals surface area contributed by atoms with E-state index in [1.165, 1.54) is 18.5 Å². The van der Waals surface area contributed by atoms with Crippen LogP contribution in [0.2, 0.25) is 0 Å². The fraction of sp³-hybridized carbons (Fsp3) is 0.455. The molecule has 1 fully saturated rings. The normalized spacial score (nSPS) is 18.7. The van der Waals surface area contributed by atoms with Crippen LogP contribution >= 0.6 is 0 Å². The Bertz CT molecular complexity index is 535. The highest BCUT2D eigenvalue weighted by Gasteiger charge is 2.40. The first-order valence-electron chi connectivity index (χ1n) is 5.75. The third-order valence-corrected chi connectivity index (χ3v) is 4.77. The van der Waals surface area contributed by atoms with E-state index in [2.05, 4.69) is 9.71 Å². The van der Waals surface area contributed by atoms with Crippen LogP contribution in [-0.2, 0) is 10.0 Å². The first kappa shape index (κ1) is 13.0. The number of nitrogens with one attached hydrogen (secondary N) is 2. The Morgan fingerprint density at radius 2 is 2.11 bits per heavy atom. The summed E-state index contributed by atoms with van der Waals surface area (Å²) in [6, 6.07) is 3.03. The largest absolute Gasteiger partial charge is 0.386 e. The maximum absolute atomic E-state index is 12.2. The van der Waals surface area contributed by atoms with Gasteiger partial charge in [-0.15, -0.1) is 0 Å². The van der Waals surface area contributed by atoms with Gasteiger partial charge in [-0.1, -0.05) is 12.8 Å². The lowest BCUT2D eigenvalue weighted by Gasteiger charge is -2.28. The first-order chi connectivity index (χ1) is 8.46. The minimum Gasteiger partial charge on any atom is -0.386 e. The fourth-order valence-corrected chi connectivity index (χ4v) is 3.63. The van der Waals surface area contributed by atoms with Gasteiger partial charge in [0, 0.05) is 12.4 Å². The van der Waals surface area contributed by atoms with Crippen LogP contribution in [0.15, 0.2) is 29.4 Å². The second-order valence-corrected chi connectivity index (χ2v) is 6.18. The number of hydrogen-bond acceptors (Lipinski definition) is 4. The maximum atomic E-state index is 12.2. The zero-order valence-corrected chi connectivity index (χ0v) is 10.7. The predicted octanol–water partition coefficient (Wildman–Crippen LogP) is 0.609. The number of nitrogens with two attached hydrogens (primary N) is 1. The van der Waals surface area contributed by atoms with Crippen molar-refractivity contribution in [2.75, 3.05) is 0 Å². The molecule has 0 unspecified atom stereocenters. The van der Waals surface area contributed by atoms with E-state index in [1.807, 2.05) is 0 Å². The summed E-state index contributed by atoms with van der Waals surface area (Å²) < 4.78 is 27.0. The molecule has 7 heteroatoms. The van der Waals surface area contributed by atoms with Crippen LogP contribution in [0.1, 0.15) is 25.7 Å². The SMILES string of the molecule is N=C(N)C1(NS(=O)(=O)c2cccnc2)CCCC1. The molecular weight excluding hydrogens is 252 g/mol. The molecule has 0 spiro atoms. The van der Waals surface area contributed by atoms with Gasteiger partial charge < -0.3 is 5.73 Å². The van der Waals surface area contributed by atoms with Crippen molar-refractivity contribution >= 4 is 15.9 Å². The van der Waals surface area contributed by atoms with Crippen molar-refractivity contribution < 1.29 is 8.42 Å². The van der Waals surface area contributed by atoms with Gasteiger partial charge in [0.2, 0.25) is 10.0 Å². The molecule has 1 aliphatic rings. The summed E-state index contributed by atoms with van der Waals surface area (Å²) in [7, 11) is -3.68. The van der Waals surface area contributed by atoms with E-state index in [0.29, 0.717) is 12.8 Å². The van der Waals surface area contributed by atoms with Gasteiger partial charge in [-0.25, -0.2) is 8.42 Å². The van der Waals surface area contributed by atoms with Crippen LogP contribution in [0, 0.1) is 5.41 Å². The van der Waals surface area contributed by atoms with Crippen molar-refractivity contribution in [3.63, 3.8) is 0 Å². The van der Waals surface area contributed by atoms with Crippen LogP contribution in [0.4, 0.5) is 0 Å². The molecule has 6 nitrogen and oxygen atoms in total. The number of rotatable bonds is 4. The molecule has 98 valence electrons. The minimum absolute atomic E-state index is 0.0949. The monoisotopic (exact) mass is 268 g/mol. The molecule has 0 saturated heterocycles. The van der Waals surface area contributed by atoms with E-state index in [9.17, 15) is 8.42 Å². The Labute approximate surface area is 106 Å². The number of hydrogen-bond donors (Lipinski definition) is 3. The maximum Gasteiger partial charge on any atom is 0.243 e. The molecule has 1 aliphatic carbocycles. The number of aromatic nitrogens is 1. The van der Waals surface area contributed by atoms with Crippen LogP contribution in [0.5, 0.6) is 0 Å². The van der Waals surface area contributed by atoms with Crippen molar-refractivity contribution in [3.8, 4) is 0 Å². The lowest BCUT2D eigenvalue weighted by molar-refractivity contribution is 0.496. The lowest BCUT2D eigenvalue weighted by atomic mass is 9.98. The molecule has 0 radical (unpaired) electrons. The number of nitrogens with zero attached hydrogens (tertiary/aromatic N) is 1. The van der Waals surface area contributed by atoms with Crippen molar-refractivity contribution in [1.29, 1.82) is 5.41 Å². The summed E-state index contributed by atoms with van der Waals surface area (Å²) in [5.41, 5.74) is 4.64. The highest BCUT2D eigenvalue weighted by atomic mass is 32.2. The van der Waals surface area contributed by atoms with E-state index in [0.717, 1.165) is 12.8 Å². The predicted molar refractivity (Wildman–Crippen MR) is 67.7 cm³/mol. The topological polar surface area (TPSA) is 109 Å². The summed E-state index contributed by atoms with van der Waals surface area (Å²) in [6.45, 7) is 0. The third-order valence-electron chi connectivity index (χ3n) is 3.25. The molecule has 0 aliphatic heterocycles. The van der Waals surface area contributed by atoms with Gasteiger partial charge in [-0.2, -0.15) is 4.72 Å². The van der Waals surface area contributed by atoms with E-state index in [1.54, 1.807) is 6.07 Å². The molecule has 1 heterocycles. The van der Waals surface area contributed by atoms with Crippen LogP contribution in [0.3, 0.4) is 0 Å². The van der Waals surface area contributed by atoms with Gasteiger partial charge in [-0.05, 0) is 25.0 Å². The molecule has 2 rings (SSSR count). The molecule has 1 saturated carbocycles. The molecule has 1 aromatic rings. The quantitative estimate of drug-likeness (QED) is 0.549. The molecule has 18 heavy (non-hydrogen) atoms. The van der Waals surface area contributed by atoms with Crippen LogP contribution < -0.4 is 10.5 Å². The Kier molecular flexibility index (Phi) is 3.36. The average Bonchev–Trinajstić information content (AvgIpc) is 2.79.